The summed E-state index contributed by atoms with van der Waals surface area (Å²) in [5, 5.41) is 2.96. The molecular formula is C25H27N3O2S. The van der Waals surface area contributed by atoms with E-state index in [0.717, 1.165) is 32.7 Å². The molecule has 0 saturated heterocycles. The number of carbonyl (C=O) groups excluding carboxylic acids is 1. The fraction of sp³-hybridized carbons (Fsp3) is 0.280. The van der Waals surface area contributed by atoms with E-state index in [0.29, 0.717) is 12.3 Å². The quantitative estimate of drug-likeness (QED) is 0.410. The van der Waals surface area contributed by atoms with Crippen LogP contribution in [-0.2, 0) is 4.79 Å². The second-order valence-corrected chi connectivity index (χ2v) is 9.05. The van der Waals surface area contributed by atoms with Gasteiger partial charge in [-0.25, -0.2) is 4.98 Å². The van der Waals surface area contributed by atoms with Gasteiger partial charge in [0.2, 0.25) is 0 Å². The average Bonchev–Trinajstić information content (AvgIpc) is 3.16. The Morgan fingerprint density at radius 2 is 1.77 bits per heavy atom. The van der Waals surface area contributed by atoms with Crippen LogP contribution in [0.2, 0.25) is 0 Å². The molecule has 0 unspecified atom stereocenters. The van der Waals surface area contributed by atoms with Crippen molar-refractivity contribution in [1.29, 1.82) is 0 Å². The largest absolute Gasteiger partial charge is 0.484 e. The molecule has 6 heteroatoms. The number of amides is 1. The molecule has 0 aliphatic carbocycles. The molecule has 0 fully saturated rings. The minimum Gasteiger partial charge on any atom is -0.484 e. The topological polar surface area (TPSA) is 45.7 Å². The van der Waals surface area contributed by atoms with E-state index in [2.05, 4.69) is 36.9 Å². The highest BCUT2D eigenvalue weighted by molar-refractivity contribution is 7.22. The Balaban J connectivity index is 1.56. The molecule has 3 aromatic carbocycles. The first-order chi connectivity index (χ1) is 14.9. The summed E-state index contributed by atoms with van der Waals surface area (Å²) in [4.78, 5) is 21.8. The maximum absolute atomic E-state index is 13.2. The van der Waals surface area contributed by atoms with Gasteiger partial charge < -0.3 is 9.64 Å². The van der Waals surface area contributed by atoms with Crippen molar-refractivity contribution in [3.63, 3.8) is 0 Å². The van der Waals surface area contributed by atoms with Gasteiger partial charge >= 0.3 is 0 Å². The standard InChI is InChI=1S/C25H27N3O2S/c1-17-13-18(2)24-22(14-17)26-25(31-24)28(12-11-27(3)4)23(29)16-30-21-10-9-19-7-5-6-8-20(19)15-21/h5-10,13-15H,11-12,16H2,1-4H3. The highest BCUT2D eigenvalue weighted by atomic mass is 32.1. The van der Waals surface area contributed by atoms with Crippen molar-refractivity contribution in [2.24, 2.45) is 0 Å². The predicted octanol–water partition coefficient (Wildman–Crippen LogP) is 5.04. The van der Waals surface area contributed by atoms with E-state index in [9.17, 15) is 4.79 Å². The number of carbonyl (C=O) groups is 1. The minimum absolute atomic E-state index is 0.0281. The molecular weight excluding hydrogens is 406 g/mol. The first kappa shape index (κ1) is 21.3. The zero-order valence-electron chi connectivity index (χ0n) is 18.4. The summed E-state index contributed by atoms with van der Waals surface area (Å²) in [6.07, 6.45) is 0. The molecule has 0 aliphatic rings. The number of thiazole rings is 1. The second-order valence-electron chi connectivity index (χ2n) is 8.07. The lowest BCUT2D eigenvalue weighted by Gasteiger charge is -2.22. The number of hydrogen-bond donors (Lipinski definition) is 0. The maximum Gasteiger partial charge on any atom is 0.266 e. The molecule has 1 amide bonds. The molecule has 0 spiro atoms. The van der Waals surface area contributed by atoms with Crippen molar-refractivity contribution in [3.8, 4) is 5.75 Å². The highest BCUT2D eigenvalue weighted by Gasteiger charge is 2.21. The fourth-order valence-electron chi connectivity index (χ4n) is 3.59. The molecule has 160 valence electrons. The summed E-state index contributed by atoms with van der Waals surface area (Å²) >= 11 is 1.56. The number of benzene rings is 3. The van der Waals surface area contributed by atoms with Gasteiger partial charge in [-0.1, -0.05) is 47.7 Å². The number of hydrogen-bond acceptors (Lipinski definition) is 5. The van der Waals surface area contributed by atoms with Gasteiger partial charge in [-0.3, -0.25) is 9.69 Å². The molecule has 5 nitrogen and oxygen atoms in total. The predicted molar refractivity (Wildman–Crippen MR) is 129 cm³/mol. The van der Waals surface area contributed by atoms with Crippen LogP contribution < -0.4 is 9.64 Å². The van der Waals surface area contributed by atoms with Crippen molar-refractivity contribution >= 4 is 43.4 Å². The molecule has 31 heavy (non-hydrogen) atoms. The van der Waals surface area contributed by atoms with Crippen LogP contribution in [0.15, 0.2) is 54.6 Å². The van der Waals surface area contributed by atoms with Gasteiger partial charge in [-0.2, -0.15) is 0 Å². The van der Waals surface area contributed by atoms with Gasteiger partial charge in [0.1, 0.15) is 5.75 Å². The summed E-state index contributed by atoms with van der Waals surface area (Å²) in [5.74, 6) is 0.596. The number of rotatable bonds is 7. The molecule has 0 atom stereocenters. The van der Waals surface area contributed by atoms with Crippen molar-refractivity contribution in [2.45, 2.75) is 13.8 Å². The molecule has 0 aliphatic heterocycles. The van der Waals surface area contributed by atoms with Crippen molar-refractivity contribution < 1.29 is 9.53 Å². The first-order valence-electron chi connectivity index (χ1n) is 10.4. The molecule has 0 bridgehead atoms. The van der Waals surface area contributed by atoms with Crippen LogP contribution in [-0.4, -0.2) is 49.6 Å². The lowest BCUT2D eigenvalue weighted by Crippen LogP contribution is -2.39. The van der Waals surface area contributed by atoms with Crippen molar-refractivity contribution in [1.82, 2.24) is 9.88 Å². The molecule has 0 saturated carbocycles. The van der Waals surface area contributed by atoms with E-state index in [1.165, 1.54) is 11.1 Å². The summed E-state index contributed by atoms with van der Waals surface area (Å²) in [6, 6.07) is 18.2. The van der Waals surface area contributed by atoms with E-state index in [4.69, 9.17) is 9.72 Å². The number of likely N-dealkylation sites (N-methyl/N-ethyl adjacent to an activating group) is 1. The van der Waals surface area contributed by atoms with Gasteiger partial charge in [0.25, 0.3) is 5.91 Å². The van der Waals surface area contributed by atoms with Gasteiger partial charge in [0.15, 0.2) is 11.7 Å². The number of fused-ring (bicyclic) bond motifs is 2. The molecule has 0 N–H and O–H groups in total. The monoisotopic (exact) mass is 433 g/mol. The molecule has 0 radical (unpaired) electrons. The Morgan fingerprint density at radius 3 is 2.55 bits per heavy atom. The summed E-state index contributed by atoms with van der Waals surface area (Å²) in [6.45, 7) is 5.43. The molecule has 4 aromatic rings. The highest BCUT2D eigenvalue weighted by Crippen LogP contribution is 2.32. The van der Waals surface area contributed by atoms with E-state index in [1.807, 2.05) is 50.5 Å². The van der Waals surface area contributed by atoms with Crippen LogP contribution in [0.4, 0.5) is 5.13 Å². The summed E-state index contributed by atoms with van der Waals surface area (Å²) in [7, 11) is 4.00. The third kappa shape index (κ3) is 4.86. The smallest absolute Gasteiger partial charge is 0.266 e. The van der Waals surface area contributed by atoms with Crippen LogP contribution in [0.1, 0.15) is 11.1 Å². The molecule has 1 heterocycles. The number of aromatic nitrogens is 1. The number of ether oxygens (including phenoxy) is 1. The lowest BCUT2D eigenvalue weighted by atomic mass is 10.1. The SMILES string of the molecule is Cc1cc(C)c2sc(N(CCN(C)C)C(=O)COc3ccc4ccccc4c3)nc2c1. The van der Waals surface area contributed by atoms with E-state index in [-0.39, 0.29) is 12.5 Å². The van der Waals surface area contributed by atoms with Crippen molar-refractivity contribution in [2.75, 3.05) is 38.7 Å². The first-order valence-corrected chi connectivity index (χ1v) is 11.2. The van der Waals surface area contributed by atoms with E-state index >= 15 is 0 Å². The van der Waals surface area contributed by atoms with Crippen LogP contribution in [0.5, 0.6) is 5.75 Å². The second kappa shape index (κ2) is 9.04. The van der Waals surface area contributed by atoms with E-state index in [1.54, 1.807) is 16.2 Å². The van der Waals surface area contributed by atoms with Crippen LogP contribution in [0, 0.1) is 13.8 Å². The number of nitrogens with zero attached hydrogens (tertiary/aromatic N) is 3. The third-order valence-corrected chi connectivity index (χ3v) is 6.42. The minimum atomic E-state index is -0.0940. The van der Waals surface area contributed by atoms with Crippen LogP contribution in [0.25, 0.3) is 21.0 Å². The van der Waals surface area contributed by atoms with Crippen LogP contribution >= 0.6 is 11.3 Å². The van der Waals surface area contributed by atoms with Gasteiger partial charge in [-0.05, 0) is 68.0 Å². The zero-order chi connectivity index (χ0) is 22.0. The van der Waals surface area contributed by atoms with Gasteiger partial charge in [-0.15, -0.1) is 0 Å². The normalized spacial score (nSPS) is 11.4. The Kier molecular flexibility index (Phi) is 6.20. The summed E-state index contributed by atoms with van der Waals surface area (Å²) < 4.78 is 7.00. The number of aryl methyl sites for hydroxylation is 2. The zero-order valence-corrected chi connectivity index (χ0v) is 19.2. The van der Waals surface area contributed by atoms with Gasteiger partial charge in [0, 0.05) is 13.1 Å². The average molecular weight is 434 g/mol. The molecule has 1 aromatic heterocycles. The lowest BCUT2D eigenvalue weighted by molar-refractivity contribution is -0.120. The molecule has 4 rings (SSSR count). The number of anilines is 1. The summed E-state index contributed by atoms with van der Waals surface area (Å²) in [5.41, 5.74) is 3.30. The maximum atomic E-state index is 13.2. The van der Waals surface area contributed by atoms with Crippen LogP contribution in [0.3, 0.4) is 0 Å². The Labute approximate surface area is 186 Å². The Hall–Kier alpha value is -2.96. The van der Waals surface area contributed by atoms with Crippen molar-refractivity contribution in [3.05, 3.63) is 65.7 Å². The van der Waals surface area contributed by atoms with E-state index < -0.39 is 0 Å². The van der Waals surface area contributed by atoms with Gasteiger partial charge in [0.05, 0.1) is 10.2 Å². The third-order valence-electron chi connectivity index (χ3n) is 5.19. The fourth-order valence-corrected chi connectivity index (χ4v) is 4.65. The Morgan fingerprint density at radius 1 is 1.00 bits per heavy atom. The Bertz CT molecular complexity index is 1230.